The second-order valence-corrected chi connectivity index (χ2v) is 4.55. The molecule has 0 aliphatic heterocycles. The van der Waals surface area contributed by atoms with Crippen molar-refractivity contribution < 1.29 is 14.3 Å². The molecule has 1 heterocycles. The summed E-state index contributed by atoms with van der Waals surface area (Å²) in [4.78, 5) is 15.9. The summed E-state index contributed by atoms with van der Waals surface area (Å²) >= 11 is 0. The average molecular weight is 323 g/mol. The van der Waals surface area contributed by atoms with Crippen molar-refractivity contribution in [1.82, 2.24) is 10.3 Å². The number of carbonyl (C=O) groups is 1. The molecule has 0 saturated heterocycles. The standard InChI is InChI=1S/C16H18N2O3.ClH/c1-11-8-15(21-3)13(9-14(11)20-2)10-18-16(19)12-4-6-17-7-5-12;/h4-9H,10H2,1-3H3,(H,18,19);1H. The summed E-state index contributed by atoms with van der Waals surface area (Å²) in [7, 11) is 3.23. The Bertz CT molecular complexity index is 633. The topological polar surface area (TPSA) is 60.5 Å². The molecular weight excluding hydrogens is 304 g/mol. The number of aromatic nitrogens is 1. The highest BCUT2D eigenvalue weighted by atomic mass is 35.5. The molecule has 0 aliphatic rings. The molecule has 2 aromatic rings. The van der Waals surface area contributed by atoms with Crippen LogP contribution in [0, 0.1) is 6.92 Å². The number of methoxy groups -OCH3 is 2. The number of carbonyl (C=O) groups excluding carboxylic acids is 1. The smallest absolute Gasteiger partial charge is 0.251 e. The van der Waals surface area contributed by atoms with Crippen LogP contribution in [-0.2, 0) is 6.54 Å². The van der Waals surface area contributed by atoms with E-state index in [1.165, 1.54) is 0 Å². The maximum Gasteiger partial charge on any atom is 0.251 e. The van der Waals surface area contributed by atoms with Crippen LogP contribution in [0.4, 0.5) is 0 Å². The molecule has 0 aliphatic carbocycles. The number of nitrogens with one attached hydrogen (secondary N) is 1. The van der Waals surface area contributed by atoms with Gasteiger partial charge in [-0.2, -0.15) is 0 Å². The fourth-order valence-corrected chi connectivity index (χ4v) is 2.03. The summed E-state index contributed by atoms with van der Waals surface area (Å²) < 4.78 is 10.6. The highest BCUT2D eigenvalue weighted by Crippen LogP contribution is 2.28. The number of ether oxygens (including phenoxy) is 2. The van der Waals surface area contributed by atoms with Crippen molar-refractivity contribution in [3.8, 4) is 11.5 Å². The predicted molar refractivity (Wildman–Crippen MR) is 86.9 cm³/mol. The summed E-state index contributed by atoms with van der Waals surface area (Å²) in [6.07, 6.45) is 3.18. The van der Waals surface area contributed by atoms with Crippen LogP contribution in [0.25, 0.3) is 0 Å². The van der Waals surface area contributed by atoms with Gasteiger partial charge in [-0.1, -0.05) is 0 Å². The number of aryl methyl sites for hydroxylation is 1. The normalized spacial score (nSPS) is 9.59. The number of pyridine rings is 1. The number of amides is 1. The lowest BCUT2D eigenvalue weighted by atomic mass is 10.1. The molecule has 22 heavy (non-hydrogen) atoms. The highest BCUT2D eigenvalue weighted by Gasteiger charge is 2.10. The van der Waals surface area contributed by atoms with Gasteiger partial charge < -0.3 is 14.8 Å². The van der Waals surface area contributed by atoms with Crippen LogP contribution in [-0.4, -0.2) is 25.1 Å². The molecule has 0 spiro atoms. The van der Waals surface area contributed by atoms with E-state index >= 15 is 0 Å². The van der Waals surface area contributed by atoms with Crippen molar-refractivity contribution in [3.05, 3.63) is 53.3 Å². The third-order valence-corrected chi connectivity index (χ3v) is 3.18. The van der Waals surface area contributed by atoms with Crippen molar-refractivity contribution in [3.63, 3.8) is 0 Å². The van der Waals surface area contributed by atoms with E-state index < -0.39 is 0 Å². The minimum absolute atomic E-state index is 0. The predicted octanol–water partition coefficient (Wildman–Crippen LogP) is 2.76. The summed E-state index contributed by atoms with van der Waals surface area (Å²) in [6.45, 7) is 2.31. The number of benzene rings is 1. The average Bonchev–Trinajstić information content (AvgIpc) is 2.53. The lowest BCUT2D eigenvalue weighted by molar-refractivity contribution is 0.0950. The van der Waals surface area contributed by atoms with E-state index in [1.807, 2.05) is 19.1 Å². The molecule has 0 bridgehead atoms. The lowest BCUT2D eigenvalue weighted by Crippen LogP contribution is -2.23. The van der Waals surface area contributed by atoms with Gasteiger partial charge in [0, 0.05) is 30.1 Å². The van der Waals surface area contributed by atoms with E-state index in [0.29, 0.717) is 12.1 Å². The third-order valence-electron chi connectivity index (χ3n) is 3.18. The molecule has 1 aromatic carbocycles. The van der Waals surface area contributed by atoms with E-state index in [9.17, 15) is 4.79 Å². The number of hydrogen-bond donors (Lipinski definition) is 1. The van der Waals surface area contributed by atoms with Crippen molar-refractivity contribution in [2.45, 2.75) is 13.5 Å². The van der Waals surface area contributed by atoms with Crippen LogP contribution in [0.3, 0.4) is 0 Å². The van der Waals surface area contributed by atoms with E-state index in [2.05, 4.69) is 10.3 Å². The van der Waals surface area contributed by atoms with Gasteiger partial charge >= 0.3 is 0 Å². The first-order valence-corrected chi connectivity index (χ1v) is 6.55. The molecule has 118 valence electrons. The molecule has 0 unspecified atom stereocenters. The van der Waals surface area contributed by atoms with Crippen LogP contribution in [0.2, 0.25) is 0 Å². The molecule has 0 saturated carbocycles. The summed E-state index contributed by atoms with van der Waals surface area (Å²) in [5, 5.41) is 2.86. The minimum atomic E-state index is -0.154. The monoisotopic (exact) mass is 322 g/mol. The van der Waals surface area contributed by atoms with Crippen molar-refractivity contribution >= 4 is 18.3 Å². The Labute approximate surface area is 136 Å². The van der Waals surface area contributed by atoms with E-state index in [0.717, 1.165) is 22.6 Å². The lowest BCUT2D eigenvalue weighted by Gasteiger charge is -2.13. The Hall–Kier alpha value is -2.27. The van der Waals surface area contributed by atoms with Crippen molar-refractivity contribution in [1.29, 1.82) is 0 Å². The van der Waals surface area contributed by atoms with Crippen molar-refractivity contribution in [2.24, 2.45) is 0 Å². The van der Waals surface area contributed by atoms with Crippen LogP contribution >= 0.6 is 12.4 Å². The van der Waals surface area contributed by atoms with Crippen LogP contribution in [0.5, 0.6) is 11.5 Å². The van der Waals surface area contributed by atoms with Gasteiger partial charge in [0.1, 0.15) is 11.5 Å². The SMILES string of the molecule is COc1cc(CNC(=O)c2ccncc2)c(OC)cc1C.Cl. The van der Waals surface area contributed by atoms with Crippen molar-refractivity contribution in [2.75, 3.05) is 14.2 Å². The molecule has 1 amide bonds. The molecule has 1 aromatic heterocycles. The summed E-state index contributed by atoms with van der Waals surface area (Å²) in [6, 6.07) is 7.11. The van der Waals surface area contributed by atoms with E-state index in [4.69, 9.17) is 9.47 Å². The first-order chi connectivity index (χ1) is 10.2. The van der Waals surface area contributed by atoms with Gasteiger partial charge in [0.25, 0.3) is 5.91 Å². The quantitative estimate of drug-likeness (QED) is 0.919. The minimum Gasteiger partial charge on any atom is -0.496 e. The van der Waals surface area contributed by atoms with Crippen LogP contribution in [0.1, 0.15) is 21.5 Å². The van der Waals surface area contributed by atoms with Crippen LogP contribution in [0.15, 0.2) is 36.7 Å². The number of hydrogen-bond acceptors (Lipinski definition) is 4. The fraction of sp³-hybridized carbons (Fsp3) is 0.250. The molecule has 2 rings (SSSR count). The van der Waals surface area contributed by atoms with Gasteiger partial charge in [0.2, 0.25) is 0 Å². The highest BCUT2D eigenvalue weighted by molar-refractivity contribution is 5.93. The zero-order chi connectivity index (χ0) is 15.2. The molecular formula is C16H19ClN2O3. The maximum atomic E-state index is 12.0. The number of halogens is 1. The van der Waals surface area contributed by atoms with Crippen LogP contribution < -0.4 is 14.8 Å². The summed E-state index contributed by atoms with van der Waals surface area (Å²) in [5.74, 6) is 1.34. The Morgan fingerprint density at radius 1 is 1.14 bits per heavy atom. The maximum absolute atomic E-state index is 12.0. The second kappa shape index (κ2) is 8.24. The van der Waals surface area contributed by atoms with E-state index in [-0.39, 0.29) is 18.3 Å². The molecule has 1 N–H and O–H groups in total. The zero-order valence-corrected chi connectivity index (χ0v) is 13.6. The van der Waals surface area contributed by atoms with Gasteiger partial charge in [0.15, 0.2) is 0 Å². The Balaban J connectivity index is 0.00000242. The molecule has 0 atom stereocenters. The fourth-order valence-electron chi connectivity index (χ4n) is 2.03. The largest absolute Gasteiger partial charge is 0.496 e. The van der Waals surface area contributed by atoms with Gasteiger partial charge in [-0.05, 0) is 36.8 Å². The molecule has 6 heteroatoms. The van der Waals surface area contributed by atoms with Gasteiger partial charge in [-0.25, -0.2) is 0 Å². The number of nitrogens with zero attached hydrogens (tertiary/aromatic N) is 1. The number of rotatable bonds is 5. The van der Waals surface area contributed by atoms with E-state index in [1.54, 1.807) is 38.7 Å². The van der Waals surface area contributed by atoms with Gasteiger partial charge in [0.05, 0.1) is 14.2 Å². The first kappa shape index (κ1) is 17.8. The Morgan fingerprint density at radius 2 is 1.77 bits per heavy atom. The van der Waals surface area contributed by atoms with Gasteiger partial charge in [-0.15, -0.1) is 12.4 Å². The van der Waals surface area contributed by atoms with Gasteiger partial charge in [-0.3, -0.25) is 9.78 Å². The Morgan fingerprint density at radius 3 is 2.36 bits per heavy atom. The Kier molecular flexibility index (Phi) is 6.66. The second-order valence-electron chi connectivity index (χ2n) is 4.55. The zero-order valence-electron chi connectivity index (χ0n) is 12.8. The molecule has 0 radical (unpaired) electrons. The first-order valence-electron chi connectivity index (χ1n) is 6.55. The third kappa shape index (κ3) is 4.11. The summed E-state index contributed by atoms with van der Waals surface area (Å²) in [5.41, 5.74) is 2.42. The molecule has 0 fully saturated rings. The molecule has 5 nitrogen and oxygen atoms in total.